The molecule has 6 nitrogen and oxygen atoms in total. The molecule has 0 saturated carbocycles. The zero-order chi connectivity index (χ0) is 16.3. The van der Waals surface area contributed by atoms with Gasteiger partial charge in [-0.3, -0.25) is 4.79 Å². The molecule has 2 rings (SSSR count). The Hall–Kier alpha value is -2.37. The SMILES string of the molecule is CCCCn1ncc(C)c1NC(=O)c1c(C)cc(=O)oc1C. The van der Waals surface area contributed by atoms with Crippen LogP contribution in [0.4, 0.5) is 5.82 Å². The third-order valence-corrected chi connectivity index (χ3v) is 3.54. The molecule has 118 valence electrons. The molecule has 0 fully saturated rings. The van der Waals surface area contributed by atoms with Gasteiger partial charge in [0.2, 0.25) is 0 Å². The molecule has 0 aliphatic heterocycles. The third kappa shape index (κ3) is 3.27. The van der Waals surface area contributed by atoms with Crippen molar-refractivity contribution in [3.05, 3.63) is 45.1 Å². The zero-order valence-corrected chi connectivity index (χ0v) is 13.4. The molecule has 0 saturated heterocycles. The van der Waals surface area contributed by atoms with Crippen molar-refractivity contribution in [3.63, 3.8) is 0 Å². The van der Waals surface area contributed by atoms with E-state index in [-0.39, 0.29) is 5.91 Å². The van der Waals surface area contributed by atoms with Crippen molar-refractivity contribution >= 4 is 11.7 Å². The molecule has 0 aliphatic carbocycles. The van der Waals surface area contributed by atoms with Crippen molar-refractivity contribution in [2.45, 2.75) is 47.1 Å². The van der Waals surface area contributed by atoms with Crippen molar-refractivity contribution in [1.82, 2.24) is 9.78 Å². The Morgan fingerprint density at radius 1 is 1.32 bits per heavy atom. The Kier molecular flexibility index (Phi) is 4.80. The van der Waals surface area contributed by atoms with Gasteiger partial charge in [-0.05, 0) is 32.8 Å². The maximum atomic E-state index is 12.5. The summed E-state index contributed by atoms with van der Waals surface area (Å²) >= 11 is 0. The second-order valence-electron chi connectivity index (χ2n) is 5.39. The van der Waals surface area contributed by atoms with E-state index in [0.29, 0.717) is 22.7 Å². The molecule has 2 aromatic heterocycles. The standard InChI is InChI=1S/C16H21N3O3/c1-5-6-7-19-15(11(3)9-17-19)18-16(21)14-10(2)8-13(20)22-12(14)4/h8-9H,5-7H2,1-4H3,(H,18,21). The molecule has 0 bridgehead atoms. The van der Waals surface area contributed by atoms with Gasteiger partial charge in [0.25, 0.3) is 5.91 Å². The van der Waals surface area contributed by atoms with Crippen LogP contribution in [0.2, 0.25) is 0 Å². The Balaban J connectivity index is 2.30. The van der Waals surface area contributed by atoms with E-state index < -0.39 is 5.63 Å². The molecule has 0 spiro atoms. The molecular formula is C16H21N3O3. The van der Waals surface area contributed by atoms with Gasteiger partial charge < -0.3 is 9.73 Å². The Morgan fingerprint density at radius 2 is 2.05 bits per heavy atom. The van der Waals surface area contributed by atoms with Gasteiger partial charge >= 0.3 is 5.63 Å². The average Bonchev–Trinajstić information content (AvgIpc) is 2.76. The fourth-order valence-corrected chi connectivity index (χ4v) is 2.39. The van der Waals surface area contributed by atoms with Crippen LogP contribution in [0.5, 0.6) is 0 Å². The predicted molar refractivity (Wildman–Crippen MR) is 84.3 cm³/mol. The summed E-state index contributed by atoms with van der Waals surface area (Å²) in [5.41, 5.74) is 1.44. The van der Waals surface area contributed by atoms with Crippen molar-refractivity contribution in [3.8, 4) is 0 Å². The fraction of sp³-hybridized carbons (Fsp3) is 0.438. The van der Waals surface area contributed by atoms with Crippen LogP contribution in [0.1, 0.15) is 47.0 Å². The largest absolute Gasteiger partial charge is 0.427 e. The maximum Gasteiger partial charge on any atom is 0.336 e. The second-order valence-corrected chi connectivity index (χ2v) is 5.39. The lowest BCUT2D eigenvalue weighted by Crippen LogP contribution is -2.20. The molecule has 1 amide bonds. The number of hydrogen-bond acceptors (Lipinski definition) is 4. The van der Waals surface area contributed by atoms with E-state index in [9.17, 15) is 9.59 Å². The molecule has 22 heavy (non-hydrogen) atoms. The van der Waals surface area contributed by atoms with Crippen molar-refractivity contribution in [2.24, 2.45) is 0 Å². The summed E-state index contributed by atoms with van der Waals surface area (Å²) in [6.07, 6.45) is 3.77. The van der Waals surface area contributed by atoms with Gasteiger partial charge in [0, 0.05) is 18.2 Å². The molecule has 2 heterocycles. The minimum Gasteiger partial charge on any atom is -0.427 e. The zero-order valence-electron chi connectivity index (χ0n) is 13.4. The molecule has 0 atom stereocenters. The topological polar surface area (TPSA) is 77.1 Å². The number of nitrogens with one attached hydrogen (secondary N) is 1. The van der Waals surface area contributed by atoms with Gasteiger partial charge in [-0.1, -0.05) is 13.3 Å². The van der Waals surface area contributed by atoms with E-state index in [1.54, 1.807) is 24.7 Å². The minimum atomic E-state index is -0.448. The minimum absolute atomic E-state index is 0.292. The van der Waals surface area contributed by atoms with Gasteiger partial charge in [0.1, 0.15) is 11.6 Å². The summed E-state index contributed by atoms with van der Waals surface area (Å²) < 4.78 is 6.81. The number of amides is 1. The summed E-state index contributed by atoms with van der Waals surface area (Å²) in [6, 6.07) is 1.32. The third-order valence-electron chi connectivity index (χ3n) is 3.54. The van der Waals surface area contributed by atoms with Crippen LogP contribution in [0, 0.1) is 20.8 Å². The highest BCUT2D eigenvalue weighted by atomic mass is 16.4. The number of rotatable bonds is 5. The highest BCUT2D eigenvalue weighted by Gasteiger charge is 2.18. The lowest BCUT2D eigenvalue weighted by molar-refractivity contribution is 0.102. The monoisotopic (exact) mass is 303 g/mol. The molecular weight excluding hydrogens is 282 g/mol. The molecule has 2 aromatic rings. The molecule has 1 N–H and O–H groups in total. The van der Waals surface area contributed by atoms with Gasteiger partial charge in [-0.25, -0.2) is 9.48 Å². The van der Waals surface area contributed by atoms with E-state index in [4.69, 9.17) is 4.42 Å². The van der Waals surface area contributed by atoms with Crippen LogP contribution in [0.15, 0.2) is 21.5 Å². The van der Waals surface area contributed by atoms with Crippen LogP contribution in [0.25, 0.3) is 0 Å². The van der Waals surface area contributed by atoms with E-state index in [1.165, 1.54) is 6.07 Å². The van der Waals surface area contributed by atoms with Gasteiger partial charge in [0.05, 0.1) is 11.8 Å². The Labute approximate surface area is 129 Å². The number of hydrogen-bond donors (Lipinski definition) is 1. The van der Waals surface area contributed by atoms with Gasteiger partial charge in [-0.15, -0.1) is 0 Å². The second kappa shape index (κ2) is 6.60. The average molecular weight is 303 g/mol. The summed E-state index contributed by atoms with van der Waals surface area (Å²) in [7, 11) is 0. The Morgan fingerprint density at radius 3 is 2.68 bits per heavy atom. The van der Waals surface area contributed by atoms with Crippen molar-refractivity contribution < 1.29 is 9.21 Å². The first-order valence-corrected chi connectivity index (χ1v) is 7.39. The number of aromatic nitrogens is 2. The van der Waals surface area contributed by atoms with E-state index >= 15 is 0 Å². The normalized spacial score (nSPS) is 10.7. The molecule has 0 radical (unpaired) electrons. The van der Waals surface area contributed by atoms with Crippen LogP contribution >= 0.6 is 0 Å². The Bertz CT molecular complexity index is 717. The summed E-state index contributed by atoms with van der Waals surface area (Å²) in [6.45, 7) is 8.09. The van der Waals surface area contributed by atoms with E-state index in [1.807, 2.05) is 6.92 Å². The predicted octanol–water partition coefficient (Wildman–Crippen LogP) is 2.81. The van der Waals surface area contributed by atoms with E-state index in [0.717, 1.165) is 24.9 Å². The number of carbonyl (C=O) groups excluding carboxylic acids is 1. The molecule has 0 aromatic carbocycles. The number of aryl methyl sites for hydroxylation is 4. The number of nitrogens with zero attached hydrogens (tertiary/aromatic N) is 2. The molecule has 0 aliphatic rings. The van der Waals surface area contributed by atoms with E-state index in [2.05, 4.69) is 17.3 Å². The van der Waals surface area contributed by atoms with Crippen molar-refractivity contribution in [1.29, 1.82) is 0 Å². The highest BCUT2D eigenvalue weighted by Crippen LogP contribution is 2.18. The van der Waals surface area contributed by atoms with Crippen LogP contribution in [-0.4, -0.2) is 15.7 Å². The maximum absolute atomic E-state index is 12.5. The summed E-state index contributed by atoms with van der Waals surface area (Å²) in [5.74, 6) is 0.711. The smallest absolute Gasteiger partial charge is 0.336 e. The lowest BCUT2D eigenvalue weighted by atomic mass is 10.1. The molecule has 0 unspecified atom stereocenters. The number of carbonyl (C=O) groups is 1. The van der Waals surface area contributed by atoms with Gasteiger partial charge in [-0.2, -0.15) is 5.10 Å². The summed E-state index contributed by atoms with van der Waals surface area (Å²) in [5, 5.41) is 7.17. The first-order chi connectivity index (χ1) is 10.4. The summed E-state index contributed by atoms with van der Waals surface area (Å²) in [4.78, 5) is 23.8. The molecule has 6 heteroatoms. The van der Waals surface area contributed by atoms with Crippen molar-refractivity contribution in [2.75, 3.05) is 5.32 Å². The van der Waals surface area contributed by atoms with Crippen LogP contribution < -0.4 is 10.9 Å². The van der Waals surface area contributed by atoms with Crippen LogP contribution in [0.3, 0.4) is 0 Å². The lowest BCUT2D eigenvalue weighted by Gasteiger charge is -2.12. The van der Waals surface area contributed by atoms with Crippen LogP contribution in [-0.2, 0) is 6.54 Å². The first kappa shape index (κ1) is 16.0. The quantitative estimate of drug-likeness (QED) is 0.921. The highest BCUT2D eigenvalue weighted by molar-refractivity contribution is 6.05. The fourth-order valence-electron chi connectivity index (χ4n) is 2.39. The van der Waals surface area contributed by atoms with Gasteiger partial charge in [0.15, 0.2) is 0 Å². The number of anilines is 1. The first-order valence-electron chi connectivity index (χ1n) is 7.39. The number of unbranched alkanes of at least 4 members (excludes halogenated alkanes) is 1.